The van der Waals surface area contributed by atoms with E-state index < -0.39 is 0 Å². The van der Waals surface area contributed by atoms with Gasteiger partial charge in [-0.3, -0.25) is 0 Å². The van der Waals surface area contributed by atoms with Crippen LogP contribution in [0.5, 0.6) is 6.01 Å². The fourth-order valence-corrected chi connectivity index (χ4v) is 2.62. The molecule has 1 N–H and O–H groups in total. The van der Waals surface area contributed by atoms with Crippen LogP contribution in [0.2, 0.25) is 0 Å². The molecule has 0 saturated carbocycles. The lowest BCUT2D eigenvalue weighted by Crippen LogP contribution is -2.39. The third-order valence-corrected chi connectivity index (χ3v) is 4.07. The van der Waals surface area contributed by atoms with E-state index in [1.807, 2.05) is 0 Å². The van der Waals surface area contributed by atoms with Gasteiger partial charge in [0.1, 0.15) is 11.9 Å². The smallest absolute Gasteiger partial charge is 0.317 e. The molecule has 0 bridgehead atoms. The number of likely N-dealkylation sites (tertiary alicyclic amines) is 1. The molecule has 0 aliphatic carbocycles. The van der Waals surface area contributed by atoms with Gasteiger partial charge in [0.05, 0.1) is 11.0 Å². The average Bonchev–Trinajstić information content (AvgIpc) is 3.05. The van der Waals surface area contributed by atoms with Crippen molar-refractivity contribution in [3.8, 4) is 6.01 Å². The molecule has 0 unspecified atom stereocenters. The summed E-state index contributed by atoms with van der Waals surface area (Å²) in [5.74, 6) is -0.292. The number of amides is 2. The van der Waals surface area contributed by atoms with Crippen LogP contribution in [0, 0.1) is 5.82 Å². The van der Waals surface area contributed by atoms with Crippen molar-refractivity contribution in [2.24, 2.45) is 0 Å². The first-order valence-corrected chi connectivity index (χ1v) is 8.31. The number of nitrogens with one attached hydrogen (secondary N) is 1. The van der Waals surface area contributed by atoms with E-state index in [9.17, 15) is 9.18 Å². The molecule has 8 heteroatoms. The average molecular weight is 395 g/mol. The molecule has 24 heavy (non-hydrogen) atoms. The molecule has 126 valence electrons. The summed E-state index contributed by atoms with van der Waals surface area (Å²) in [6.07, 6.45) is 3.83. The van der Waals surface area contributed by atoms with E-state index >= 15 is 0 Å². The summed E-state index contributed by atoms with van der Waals surface area (Å²) < 4.78 is 19.3. The number of urea groups is 1. The minimum atomic E-state index is -0.292. The van der Waals surface area contributed by atoms with Crippen LogP contribution in [0.1, 0.15) is 12.0 Å². The summed E-state index contributed by atoms with van der Waals surface area (Å²) in [5.41, 5.74) is 0.847. The lowest BCUT2D eigenvalue weighted by Gasteiger charge is -2.17. The molecule has 6 nitrogen and oxygen atoms in total. The van der Waals surface area contributed by atoms with Gasteiger partial charge in [-0.25, -0.2) is 19.2 Å². The fraction of sp³-hybridized carbons (Fsp3) is 0.312. The summed E-state index contributed by atoms with van der Waals surface area (Å²) in [6, 6.07) is 6.19. The van der Waals surface area contributed by atoms with E-state index in [2.05, 4.69) is 31.2 Å². The Balaban J connectivity index is 1.46. The zero-order valence-corrected chi connectivity index (χ0v) is 14.4. The van der Waals surface area contributed by atoms with Gasteiger partial charge in [0, 0.05) is 31.9 Å². The highest BCUT2D eigenvalue weighted by molar-refractivity contribution is 9.10. The summed E-state index contributed by atoms with van der Waals surface area (Å²) in [7, 11) is 0. The van der Waals surface area contributed by atoms with Gasteiger partial charge in [-0.15, -0.1) is 0 Å². The molecular weight excluding hydrogens is 379 g/mol. The number of carbonyl (C=O) groups excluding carboxylic acids is 1. The second-order valence-corrected chi connectivity index (χ2v) is 6.36. The minimum Gasteiger partial charge on any atom is -0.458 e. The van der Waals surface area contributed by atoms with Crippen LogP contribution < -0.4 is 10.1 Å². The zero-order chi connectivity index (χ0) is 16.9. The van der Waals surface area contributed by atoms with E-state index in [1.54, 1.807) is 29.4 Å². The molecular formula is C16H16BrFN4O2. The first-order chi connectivity index (χ1) is 11.6. The van der Waals surface area contributed by atoms with E-state index in [0.29, 0.717) is 25.6 Å². The second-order valence-electron chi connectivity index (χ2n) is 5.44. The number of ether oxygens (including phenoxy) is 1. The largest absolute Gasteiger partial charge is 0.458 e. The number of rotatable bonds is 4. The van der Waals surface area contributed by atoms with E-state index in [0.717, 1.165) is 16.5 Å². The van der Waals surface area contributed by atoms with E-state index in [4.69, 9.17) is 4.74 Å². The van der Waals surface area contributed by atoms with Gasteiger partial charge in [0.15, 0.2) is 0 Å². The number of carbonyl (C=O) groups is 1. The van der Waals surface area contributed by atoms with Crippen molar-refractivity contribution < 1.29 is 13.9 Å². The lowest BCUT2D eigenvalue weighted by atomic mass is 10.2. The van der Waals surface area contributed by atoms with Gasteiger partial charge < -0.3 is 15.0 Å². The summed E-state index contributed by atoms with van der Waals surface area (Å²) >= 11 is 3.26. The molecule has 1 aromatic carbocycles. The molecule has 0 radical (unpaired) electrons. The highest BCUT2D eigenvalue weighted by Gasteiger charge is 2.28. The highest BCUT2D eigenvalue weighted by atomic mass is 79.9. The van der Waals surface area contributed by atoms with Gasteiger partial charge in [-0.05, 0) is 33.6 Å². The van der Waals surface area contributed by atoms with Gasteiger partial charge in [-0.1, -0.05) is 12.1 Å². The molecule has 1 saturated heterocycles. The first-order valence-electron chi connectivity index (χ1n) is 7.51. The van der Waals surface area contributed by atoms with Crippen LogP contribution in [0.4, 0.5) is 9.18 Å². The maximum absolute atomic E-state index is 12.9. The number of hydrogen-bond acceptors (Lipinski definition) is 4. The third-order valence-electron chi connectivity index (χ3n) is 3.66. The fourth-order valence-electron chi connectivity index (χ4n) is 2.41. The quantitative estimate of drug-likeness (QED) is 0.865. The van der Waals surface area contributed by atoms with Gasteiger partial charge in [0.25, 0.3) is 0 Å². The van der Waals surface area contributed by atoms with Crippen LogP contribution in [-0.4, -0.2) is 40.1 Å². The van der Waals surface area contributed by atoms with Crippen LogP contribution in [0.3, 0.4) is 0 Å². The third kappa shape index (κ3) is 4.41. The van der Waals surface area contributed by atoms with Crippen molar-refractivity contribution >= 4 is 22.0 Å². The number of nitrogens with zero attached hydrogens (tertiary/aromatic N) is 3. The van der Waals surface area contributed by atoms with Gasteiger partial charge >= 0.3 is 12.0 Å². The standard InChI is InChI=1S/C16H16BrFN4O2/c17-12-8-19-15(20-9-12)24-14-5-6-22(10-14)16(23)21-7-11-1-3-13(18)4-2-11/h1-4,8-9,14H,5-7,10H2,(H,21,23)/t14-/m0/s1. The summed E-state index contributed by atoms with van der Waals surface area (Å²) in [6.45, 7) is 1.45. The van der Waals surface area contributed by atoms with Crippen LogP contribution in [0.15, 0.2) is 41.1 Å². The normalized spacial score (nSPS) is 16.9. The predicted octanol–water partition coefficient (Wildman–Crippen LogP) is 2.74. The maximum atomic E-state index is 12.9. The predicted molar refractivity (Wildman–Crippen MR) is 89.0 cm³/mol. The molecule has 3 rings (SSSR count). The molecule has 1 aliphatic heterocycles. The van der Waals surface area contributed by atoms with Gasteiger partial charge in [-0.2, -0.15) is 0 Å². The monoisotopic (exact) mass is 394 g/mol. The molecule has 1 fully saturated rings. The molecule has 2 heterocycles. The van der Waals surface area contributed by atoms with Crippen molar-refractivity contribution in [1.29, 1.82) is 0 Å². The topological polar surface area (TPSA) is 67.4 Å². The van der Waals surface area contributed by atoms with Crippen molar-refractivity contribution in [3.05, 3.63) is 52.5 Å². The van der Waals surface area contributed by atoms with Crippen molar-refractivity contribution in [2.45, 2.75) is 19.1 Å². The Labute approximate surface area is 147 Å². The second kappa shape index (κ2) is 7.57. The summed E-state index contributed by atoms with van der Waals surface area (Å²) in [4.78, 5) is 22.0. The van der Waals surface area contributed by atoms with E-state index in [1.165, 1.54) is 12.1 Å². The minimum absolute atomic E-state index is 0.122. The van der Waals surface area contributed by atoms with Crippen molar-refractivity contribution in [1.82, 2.24) is 20.2 Å². The van der Waals surface area contributed by atoms with Crippen molar-refractivity contribution in [3.63, 3.8) is 0 Å². The molecule has 2 amide bonds. The molecule has 1 aromatic heterocycles. The Bertz CT molecular complexity index is 696. The summed E-state index contributed by atoms with van der Waals surface area (Å²) in [5, 5.41) is 2.82. The Morgan fingerprint density at radius 2 is 2.04 bits per heavy atom. The highest BCUT2D eigenvalue weighted by Crippen LogP contribution is 2.16. The SMILES string of the molecule is O=C(NCc1ccc(F)cc1)N1CC[C@H](Oc2ncc(Br)cn2)C1. The lowest BCUT2D eigenvalue weighted by molar-refractivity contribution is 0.178. The van der Waals surface area contributed by atoms with Crippen LogP contribution in [0.25, 0.3) is 0 Å². The number of hydrogen-bond donors (Lipinski definition) is 1. The Morgan fingerprint density at radius 1 is 1.33 bits per heavy atom. The Kier molecular flexibility index (Phi) is 5.24. The van der Waals surface area contributed by atoms with Crippen LogP contribution in [-0.2, 0) is 6.54 Å². The molecule has 1 aliphatic rings. The van der Waals surface area contributed by atoms with E-state index in [-0.39, 0.29) is 18.0 Å². The van der Waals surface area contributed by atoms with Crippen LogP contribution >= 0.6 is 15.9 Å². The number of benzene rings is 1. The van der Waals surface area contributed by atoms with Crippen molar-refractivity contribution in [2.75, 3.05) is 13.1 Å². The Hall–Kier alpha value is -2.22. The molecule has 1 atom stereocenters. The Morgan fingerprint density at radius 3 is 2.75 bits per heavy atom. The molecule has 2 aromatic rings. The number of aromatic nitrogens is 2. The number of halogens is 2. The zero-order valence-electron chi connectivity index (χ0n) is 12.8. The maximum Gasteiger partial charge on any atom is 0.317 e. The molecule has 0 spiro atoms. The first kappa shape index (κ1) is 16.6. The van der Waals surface area contributed by atoms with Gasteiger partial charge in [0.2, 0.25) is 0 Å².